The van der Waals surface area contributed by atoms with Crippen LogP contribution in [-0.4, -0.2) is 54.6 Å². The first-order valence-electron chi connectivity index (χ1n) is 9.97. The Hall–Kier alpha value is -2.44. The molecule has 2 unspecified atom stereocenters. The van der Waals surface area contributed by atoms with Crippen LogP contribution < -0.4 is 9.47 Å². The highest BCUT2D eigenvalue weighted by atomic mass is 16.5. The molecule has 1 N–H and O–H groups in total. The van der Waals surface area contributed by atoms with Crippen molar-refractivity contribution in [3.8, 4) is 11.5 Å². The number of piperidine rings is 1. The highest BCUT2D eigenvalue weighted by molar-refractivity contribution is 5.51. The van der Waals surface area contributed by atoms with E-state index in [9.17, 15) is 9.90 Å². The molecule has 1 aliphatic heterocycles. The van der Waals surface area contributed by atoms with Crippen molar-refractivity contribution in [1.82, 2.24) is 9.88 Å². The summed E-state index contributed by atoms with van der Waals surface area (Å²) in [6, 6.07) is 7.74. The SMILES string of the molecule is COc1ccncc1C(O)C1CCCCN1C.Cc1ccc(OCC=O)cc1C. The second-order valence-corrected chi connectivity index (χ2v) is 7.33. The van der Waals surface area contributed by atoms with Crippen LogP contribution in [0, 0.1) is 13.8 Å². The first-order chi connectivity index (χ1) is 14.0. The third-order valence-electron chi connectivity index (χ3n) is 5.34. The Kier molecular flexibility index (Phi) is 9.09. The number of aromatic nitrogens is 1. The average Bonchev–Trinajstić information content (AvgIpc) is 2.75. The molecule has 6 nitrogen and oxygen atoms in total. The van der Waals surface area contributed by atoms with E-state index in [1.54, 1.807) is 25.6 Å². The second-order valence-electron chi connectivity index (χ2n) is 7.33. The quantitative estimate of drug-likeness (QED) is 0.749. The molecule has 158 valence electrons. The van der Waals surface area contributed by atoms with Gasteiger partial charge in [-0.15, -0.1) is 0 Å². The molecule has 29 heavy (non-hydrogen) atoms. The molecule has 1 saturated heterocycles. The van der Waals surface area contributed by atoms with Crippen molar-refractivity contribution >= 4 is 6.29 Å². The van der Waals surface area contributed by atoms with Crippen LogP contribution in [0.2, 0.25) is 0 Å². The maximum atomic E-state index is 10.5. The van der Waals surface area contributed by atoms with Crippen molar-refractivity contribution in [1.29, 1.82) is 0 Å². The Morgan fingerprint density at radius 3 is 2.72 bits per heavy atom. The van der Waals surface area contributed by atoms with Gasteiger partial charge in [-0.3, -0.25) is 9.78 Å². The summed E-state index contributed by atoms with van der Waals surface area (Å²) in [6.45, 7) is 5.23. The van der Waals surface area contributed by atoms with Crippen molar-refractivity contribution < 1.29 is 19.4 Å². The lowest BCUT2D eigenvalue weighted by atomic mass is 9.94. The van der Waals surface area contributed by atoms with Crippen molar-refractivity contribution in [2.24, 2.45) is 0 Å². The molecule has 6 heteroatoms. The number of carbonyl (C=O) groups is 1. The third kappa shape index (κ3) is 6.54. The highest BCUT2D eigenvalue weighted by Crippen LogP contribution is 2.32. The van der Waals surface area contributed by atoms with Crippen molar-refractivity contribution in [2.75, 3.05) is 27.3 Å². The monoisotopic (exact) mass is 400 g/mol. The number of rotatable bonds is 6. The van der Waals surface area contributed by atoms with Crippen LogP contribution in [0.1, 0.15) is 42.1 Å². The molecule has 0 aliphatic carbocycles. The summed E-state index contributed by atoms with van der Waals surface area (Å²) in [6.07, 6.45) is 7.01. The first-order valence-corrected chi connectivity index (χ1v) is 9.97. The lowest BCUT2D eigenvalue weighted by molar-refractivity contribution is -0.109. The van der Waals surface area contributed by atoms with Crippen LogP contribution >= 0.6 is 0 Å². The molecule has 0 amide bonds. The molecule has 1 aromatic heterocycles. The Labute approximate surface area is 173 Å². The highest BCUT2D eigenvalue weighted by Gasteiger charge is 2.29. The summed E-state index contributed by atoms with van der Waals surface area (Å²) in [5, 5.41) is 10.5. The second kappa shape index (κ2) is 11.5. The van der Waals surface area contributed by atoms with E-state index < -0.39 is 6.10 Å². The van der Waals surface area contributed by atoms with E-state index >= 15 is 0 Å². The number of ether oxygens (including phenoxy) is 2. The van der Waals surface area contributed by atoms with E-state index in [1.165, 1.54) is 24.0 Å². The molecule has 0 saturated carbocycles. The van der Waals surface area contributed by atoms with Gasteiger partial charge in [0, 0.05) is 24.0 Å². The fourth-order valence-corrected chi connectivity index (χ4v) is 3.44. The van der Waals surface area contributed by atoms with Gasteiger partial charge in [0.05, 0.1) is 13.2 Å². The number of hydrogen-bond acceptors (Lipinski definition) is 6. The zero-order valence-electron chi connectivity index (χ0n) is 17.8. The number of hydrogen-bond donors (Lipinski definition) is 1. The lowest BCUT2D eigenvalue weighted by Gasteiger charge is -2.36. The molecular weight excluding hydrogens is 368 g/mol. The van der Waals surface area contributed by atoms with Gasteiger partial charge < -0.3 is 19.5 Å². The van der Waals surface area contributed by atoms with E-state index in [0.29, 0.717) is 5.75 Å². The molecule has 1 aromatic carbocycles. The number of benzene rings is 1. The molecule has 2 aromatic rings. The van der Waals surface area contributed by atoms with Crippen LogP contribution in [0.15, 0.2) is 36.7 Å². The molecule has 1 fully saturated rings. The van der Waals surface area contributed by atoms with Gasteiger partial charge >= 0.3 is 0 Å². The van der Waals surface area contributed by atoms with Gasteiger partial charge in [-0.1, -0.05) is 12.5 Å². The maximum Gasteiger partial charge on any atom is 0.157 e. The number of aryl methyl sites for hydroxylation is 2. The van der Waals surface area contributed by atoms with E-state index in [0.717, 1.165) is 30.6 Å². The molecule has 0 radical (unpaired) electrons. The smallest absolute Gasteiger partial charge is 0.157 e. The Morgan fingerprint density at radius 1 is 1.28 bits per heavy atom. The summed E-state index contributed by atoms with van der Waals surface area (Å²) >= 11 is 0. The number of likely N-dealkylation sites (N-methyl/N-ethyl adjacent to an activating group) is 1. The summed E-state index contributed by atoms with van der Waals surface area (Å²) in [4.78, 5) is 16.3. The van der Waals surface area contributed by atoms with Gasteiger partial charge in [0.25, 0.3) is 0 Å². The van der Waals surface area contributed by atoms with Gasteiger partial charge in [-0.25, -0.2) is 0 Å². The zero-order chi connectivity index (χ0) is 21.2. The summed E-state index contributed by atoms with van der Waals surface area (Å²) < 4.78 is 10.4. The Balaban J connectivity index is 0.000000221. The van der Waals surface area contributed by atoms with Crippen LogP contribution in [-0.2, 0) is 4.79 Å². The number of nitrogens with zero attached hydrogens (tertiary/aromatic N) is 2. The molecule has 1 aliphatic rings. The van der Waals surface area contributed by atoms with Crippen LogP contribution in [0.5, 0.6) is 11.5 Å². The maximum absolute atomic E-state index is 10.5. The van der Waals surface area contributed by atoms with Gasteiger partial charge in [0.15, 0.2) is 6.29 Å². The largest absolute Gasteiger partial charge is 0.496 e. The standard InChI is InChI=1S/C13H20N2O2.C10H12O2/c1-15-8-4-3-5-11(15)13(16)10-9-14-7-6-12(10)17-2;1-8-3-4-10(7-9(8)2)12-6-5-11/h6-7,9,11,13,16H,3-5,8H2,1-2H3;3-5,7H,6H2,1-2H3. The summed E-state index contributed by atoms with van der Waals surface area (Å²) in [5.74, 6) is 1.47. The fraction of sp³-hybridized carbons (Fsp3) is 0.478. The number of aliphatic hydroxyl groups excluding tert-OH is 1. The molecule has 2 atom stereocenters. The van der Waals surface area contributed by atoms with Crippen LogP contribution in [0.25, 0.3) is 0 Å². The number of aliphatic hydroxyl groups is 1. The van der Waals surface area contributed by atoms with Gasteiger partial charge in [0.1, 0.15) is 18.1 Å². The molecule has 0 bridgehead atoms. The first kappa shape index (κ1) is 22.8. The molecular formula is C23H32N2O4. The Morgan fingerprint density at radius 2 is 2.07 bits per heavy atom. The molecule has 3 rings (SSSR count). The minimum Gasteiger partial charge on any atom is -0.496 e. The van der Waals surface area contributed by atoms with Gasteiger partial charge in [-0.2, -0.15) is 0 Å². The van der Waals surface area contributed by atoms with Crippen molar-refractivity contribution in [2.45, 2.75) is 45.3 Å². The fourth-order valence-electron chi connectivity index (χ4n) is 3.44. The minimum atomic E-state index is -0.524. The minimum absolute atomic E-state index is 0.127. The Bertz CT molecular complexity index is 781. The predicted molar refractivity (Wildman–Crippen MR) is 113 cm³/mol. The van der Waals surface area contributed by atoms with E-state index in [4.69, 9.17) is 9.47 Å². The number of aldehydes is 1. The summed E-state index contributed by atoms with van der Waals surface area (Å²) in [7, 11) is 3.69. The van der Waals surface area contributed by atoms with E-state index in [2.05, 4.69) is 16.9 Å². The zero-order valence-corrected chi connectivity index (χ0v) is 17.8. The topological polar surface area (TPSA) is 71.9 Å². The van der Waals surface area contributed by atoms with E-state index in [1.807, 2.05) is 32.0 Å². The van der Waals surface area contributed by atoms with Crippen LogP contribution in [0.4, 0.5) is 0 Å². The predicted octanol–water partition coefficient (Wildman–Crippen LogP) is 3.49. The number of pyridine rings is 1. The van der Waals surface area contributed by atoms with E-state index in [-0.39, 0.29) is 12.6 Å². The van der Waals surface area contributed by atoms with Gasteiger partial charge in [-0.05, 0) is 69.6 Å². The van der Waals surface area contributed by atoms with Crippen molar-refractivity contribution in [3.63, 3.8) is 0 Å². The molecule has 2 heterocycles. The number of carbonyl (C=O) groups excluding carboxylic acids is 1. The van der Waals surface area contributed by atoms with Gasteiger partial charge in [0.2, 0.25) is 0 Å². The number of likely N-dealkylation sites (tertiary alicyclic amines) is 1. The third-order valence-corrected chi connectivity index (χ3v) is 5.34. The average molecular weight is 401 g/mol. The van der Waals surface area contributed by atoms with Crippen LogP contribution in [0.3, 0.4) is 0 Å². The normalized spacial score (nSPS) is 17.6. The molecule has 0 spiro atoms. The number of methoxy groups -OCH3 is 1. The van der Waals surface area contributed by atoms with Crippen molar-refractivity contribution in [3.05, 3.63) is 53.3 Å². The lowest BCUT2D eigenvalue weighted by Crippen LogP contribution is -2.40. The summed E-state index contributed by atoms with van der Waals surface area (Å²) in [5.41, 5.74) is 3.20.